The summed E-state index contributed by atoms with van der Waals surface area (Å²) in [5, 5.41) is 0.914. The molecule has 0 aliphatic carbocycles. The molecule has 1 aliphatic heterocycles. The van der Waals surface area contributed by atoms with E-state index in [-0.39, 0.29) is 30.2 Å². The fourth-order valence-corrected chi connectivity index (χ4v) is 4.62. The number of nitrogens with zero attached hydrogens (tertiary/aromatic N) is 3. The SMILES string of the molecule is Cc1ccc(N2C[C@H](C(=O)N(C)[C@@H](C)c3nc4ccccc4s3)CC2=O)cc1. The summed E-state index contributed by atoms with van der Waals surface area (Å²) in [7, 11) is 1.80. The van der Waals surface area contributed by atoms with Gasteiger partial charge in [-0.15, -0.1) is 11.3 Å². The second kappa shape index (κ2) is 7.36. The van der Waals surface area contributed by atoms with Crippen LogP contribution in [0.4, 0.5) is 5.69 Å². The molecule has 6 heteroatoms. The zero-order valence-corrected chi connectivity index (χ0v) is 17.1. The lowest BCUT2D eigenvalue weighted by atomic mass is 10.1. The largest absolute Gasteiger partial charge is 0.336 e. The Morgan fingerprint density at radius 3 is 2.64 bits per heavy atom. The van der Waals surface area contributed by atoms with Crippen molar-refractivity contribution >= 4 is 39.1 Å². The first-order valence-corrected chi connectivity index (χ1v) is 10.2. The standard InChI is InChI=1S/C22H23N3O2S/c1-14-8-10-17(11-9-14)25-13-16(12-20(25)26)22(27)24(3)15(2)21-23-18-6-4-5-7-19(18)28-21/h4-11,15-16H,12-13H2,1-3H3/t15-,16+/m0/s1. The molecule has 4 rings (SSSR count). The molecule has 28 heavy (non-hydrogen) atoms. The Labute approximate surface area is 168 Å². The van der Waals surface area contributed by atoms with E-state index >= 15 is 0 Å². The number of rotatable bonds is 4. The molecule has 0 unspecified atom stereocenters. The number of para-hydroxylation sites is 1. The summed E-state index contributed by atoms with van der Waals surface area (Å²) in [6.07, 6.45) is 0.254. The number of hydrogen-bond acceptors (Lipinski definition) is 4. The van der Waals surface area contributed by atoms with E-state index in [1.54, 1.807) is 28.2 Å². The number of benzene rings is 2. The van der Waals surface area contributed by atoms with Crippen LogP contribution in [0.2, 0.25) is 0 Å². The van der Waals surface area contributed by atoms with Gasteiger partial charge in [0.25, 0.3) is 0 Å². The van der Waals surface area contributed by atoms with Crippen LogP contribution < -0.4 is 4.90 Å². The van der Waals surface area contributed by atoms with Gasteiger partial charge in [-0.05, 0) is 38.1 Å². The van der Waals surface area contributed by atoms with Crippen LogP contribution in [0.15, 0.2) is 48.5 Å². The van der Waals surface area contributed by atoms with E-state index in [4.69, 9.17) is 0 Å². The van der Waals surface area contributed by atoms with Gasteiger partial charge in [0.2, 0.25) is 11.8 Å². The molecular formula is C22H23N3O2S. The van der Waals surface area contributed by atoms with Crippen LogP contribution in [-0.4, -0.2) is 35.3 Å². The highest BCUT2D eigenvalue weighted by molar-refractivity contribution is 7.18. The maximum Gasteiger partial charge on any atom is 0.228 e. The molecular weight excluding hydrogens is 370 g/mol. The molecule has 2 aromatic carbocycles. The fourth-order valence-electron chi connectivity index (χ4n) is 3.56. The van der Waals surface area contributed by atoms with Crippen LogP contribution in [0.1, 0.15) is 30.0 Å². The number of amides is 2. The van der Waals surface area contributed by atoms with Crippen molar-refractivity contribution in [2.75, 3.05) is 18.5 Å². The van der Waals surface area contributed by atoms with E-state index in [1.807, 2.05) is 62.4 Å². The smallest absolute Gasteiger partial charge is 0.228 e. The summed E-state index contributed by atoms with van der Waals surface area (Å²) in [6.45, 7) is 4.43. The van der Waals surface area contributed by atoms with Gasteiger partial charge in [0.05, 0.1) is 22.2 Å². The Kier molecular flexibility index (Phi) is 4.89. The van der Waals surface area contributed by atoms with Gasteiger partial charge < -0.3 is 9.80 Å². The first-order valence-electron chi connectivity index (χ1n) is 9.43. The summed E-state index contributed by atoms with van der Waals surface area (Å²) in [4.78, 5) is 33.7. The third-order valence-corrected chi connectivity index (χ3v) is 6.62. The molecule has 2 amide bonds. The lowest BCUT2D eigenvalue weighted by Crippen LogP contribution is -2.36. The zero-order valence-electron chi connectivity index (χ0n) is 16.3. The van der Waals surface area contributed by atoms with E-state index in [2.05, 4.69) is 4.98 Å². The highest BCUT2D eigenvalue weighted by Gasteiger charge is 2.37. The zero-order chi connectivity index (χ0) is 19.8. The third kappa shape index (κ3) is 3.40. The second-order valence-corrected chi connectivity index (χ2v) is 8.45. The Hall–Kier alpha value is -2.73. The Morgan fingerprint density at radius 2 is 1.93 bits per heavy atom. The molecule has 0 radical (unpaired) electrons. The van der Waals surface area contributed by atoms with Crippen LogP contribution in [-0.2, 0) is 9.59 Å². The van der Waals surface area contributed by atoms with Crippen molar-refractivity contribution in [2.24, 2.45) is 5.92 Å². The maximum absolute atomic E-state index is 13.1. The molecule has 0 bridgehead atoms. The van der Waals surface area contributed by atoms with Gasteiger partial charge in [0, 0.05) is 25.7 Å². The van der Waals surface area contributed by atoms with Crippen molar-refractivity contribution in [1.82, 2.24) is 9.88 Å². The van der Waals surface area contributed by atoms with Crippen LogP contribution in [0.5, 0.6) is 0 Å². The maximum atomic E-state index is 13.1. The first kappa shape index (κ1) is 18.6. The Bertz CT molecular complexity index is 995. The van der Waals surface area contributed by atoms with Crippen molar-refractivity contribution in [3.63, 3.8) is 0 Å². The molecule has 0 spiro atoms. The molecule has 0 N–H and O–H groups in total. The number of hydrogen-bond donors (Lipinski definition) is 0. The quantitative estimate of drug-likeness (QED) is 0.668. The summed E-state index contributed by atoms with van der Waals surface area (Å²) < 4.78 is 1.12. The van der Waals surface area contributed by atoms with Crippen LogP contribution in [0, 0.1) is 12.8 Å². The van der Waals surface area contributed by atoms with Crippen molar-refractivity contribution in [1.29, 1.82) is 0 Å². The molecule has 1 saturated heterocycles. The average molecular weight is 394 g/mol. The molecule has 2 atom stereocenters. The number of anilines is 1. The third-order valence-electron chi connectivity index (χ3n) is 5.42. The van der Waals surface area contributed by atoms with Crippen molar-refractivity contribution < 1.29 is 9.59 Å². The van der Waals surface area contributed by atoms with E-state index < -0.39 is 0 Å². The van der Waals surface area contributed by atoms with Gasteiger partial charge >= 0.3 is 0 Å². The molecule has 2 heterocycles. The van der Waals surface area contributed by atoms with Crippen LogP contribution in [0.25, 0.3) is 10.2 Å². The number of thiazole rings is 1. The van der Waals surface area contributed by atoms with Gasteiger partial charge in [-0.2, -0.15) is 0 Å². The minimum absolute atomic E-state index is 0.00300. The number of aromatic nitrogens is 1. The van der Waals surface area contributed by atoms with Gasteiger partial charge in [-0.1, -0.05) is 29.8 Å². The summed E-state index contributed by atoms with van der Waals surface area (Å²) in [5.41, 5.74) is 2.96. The highest BCUT2D eigenvalue weighted by atomic mass is 32.1. The average Bonchev–Trinajstić information content (AvgIpc) is 3.30. The van der Waals surface area contributed by atoms with Crippen molar-refractivity contribution in [3.05, 3.63) is 59.1 Å². The normalized spacial score (nSPS) is 17.9. The molecule has 0 saturated carbocycles. The number of aryl methyl sites for hydroxylation is 1. The van der Waals surface area contributed by atoms with Crippen molar-refractivity contribution in [2.45, 2.75) is 26.3 Å². The monoisotopic (exact) mass is 393 g/mol. The molecule has 5 nitrogen and oxygen atoms in total. The van der Waals surface area contributed by atoms with Gasteiger partial charge in [-0.25, -0.2) is 4.98 Å². The van der Waals surface area contributed by atoms with E-state index in [1.165, 1.54) is 0 Å². The lowest BCUT2D eigenvalue weighted by Gasteiger charge is -2.26. The number of carbonyl (C=O) groups is 2. The van der Waals surface area contributed by atoms with Gasteiger partial charge in [-0.3, -0.25) is 9.59 Å². The Balaban J connectivity index is 1.49. The second-order valence-electron chi connectivity index (χ2n) is 7.39. The Morgan fingerprint density at radius 1 is 1.21 bits per heavy atom. The van der Waals surface area contributed by atoms with Crippen LogP contribution in [0.3, 0.4) is 0 Å². The highest BCUT2D eigenvalue weighted by Crippen LogP contribution is 2.32. The number of carbonyl (C=O) groups excluding carboxylic acids is 2. The van der Waals surface area contributed by atoms with Crippen LogP contribution >= 0.6 is 11.3 Å². The summed E-state index contributed by atoms with van der Waals surface area (Å²) in [6, 6.07) is 15.7. The molecule has 1 fully saturated rings. The van der Waals surface area contributed by atoms with Crippen molar-refractivity contribution in [3.8, 4) is 0 Å². The minimum atomic E-state index is -0.323. The van der Waals surface area contributed by atoms with Gasteiger partial charge in [0.1, 0.15) is 5.01 Å². The van der Waals surface area contributed by atoms with E-state index in [9.17, 15) is 9.59 Å². The molecule has 3 aromatic rings. The lowest BCUT2D eigenvalue weighted by molar-refractivity contribution is -0.136. The van der Waals surface area contributed by atoms with E-state index in [0.717, 1.165) is 26.5 Å². The molecule has 1 aromatic heterocycles. The fraction of sp³-hybridized carbons (Fsp3) is 0.318. The van der Waals surface area contributed by atoms with Gasteiger partial charge in [0.15, 0.2) is 0 Å². The summed E-state index contributed by atoms with van der Waals surface area (Å²) in [5.74, 6) is -0.325. The predicted octanol–water partition coefficient (Wildman–Crippen LogP) is 4.18. The topological polar surface area (TPSA) is 53.5 Å². The molecule has 144 valence electrons. The predicted molar refractivity (Wildman–Crippen MR) is 112 cm³/mol. The minimum Gasteiger partial charge on any atom is -0.336 e. The first-order chi connectivity index (χ1) is 13.4. The number of fused-ring (bicyclic) bond motifs is 1. The molecule has 1 aliphatic rings. The summed E-state index contributed by atoms with van der Waals surface area (Å²) >= 11 is 1.61. The van der Waals surface area contributed by atoms with E-state index in [0.29, 0.717) is 6.54 Å².